The number of sulfone groups is 2. The van der Waals surface area contributed by atoms with Crippen molar-refractivity contribution < 1.29 is 31.0 Å². The molecule has 0 aromatic rings. The van der Waals surface area contributed by atoms with Crippen molar-refractivity contribution in [2.45, 2.75) is 0 Å². The fourth-order valence-corrected chi connectivity index (χ4v) is 5.06. The van der Waals surface area contributed by atoms with E-state index in [4.69, 9.17) is 38.6 Å². The van der Waals surface area contributed by atoms with Crippen molar-refractivity contribution in [2.75, 3.05) is 49.4 Å². The Hall–Kier alpha value is -1.28. The summed E-state index contributed by atoms with van der Waals surface area (Å²) >= 11 is 9.92. The highest BCUT2D eigenvalue weighted by molar-refractivity contribution is 7.92. The summed E-state index contributed by atoms with van der Waals surface area (Å²) in [6.45, 7) is 0.900. The fourth-order valence-electron chi connectivity index (χ4n) is 2.16. The molecule has 13 heteroatoms. The second-order valence-corrected chi connectivity index (χ2v) is 10.7. The Kier molecular flexibility index (Phi) is 7.97. The lowest BCUT2D eigenvalue weighted by atomic mass is 10.5. The van der Waals surface area contributed by atoms with Crippen LogP contribution < -0.4 is 10.6 Å². The van der Waals surface area contributed by atoms with Gasteiger partial charge in [0.1, 0.15) is 13.2 Å². The third-order valence-electron chi connectivity index (χ3n) is 3.37. The van der Waals surface area contributed by atoms with Crippen LogP contribution in [0.2, 0.25) is 0 Å². The van der Waals surface area contributed by atoms with E-state index in [9.17, 15) is 16.8 Å². The summed E-state index contributed by atoms with van der Waals surface area (Å²) < 4.78 is 61.0. The first kappa shape index (κ1) is 22.0. The Bertz CT molecular complexity index is 777. The van der Waals surface area contributed by atoms with Crippen molar-refractivity contribution in [3.8, 4) is 0 Å². The predicted molar refractivity (Wildman–Crippen MR) is 108 cm³/mol. The lowest BCUT2D eigenvalue weighted by molar-refractivity contribution is 0.0708. The van der Waals surface area contributed by atoms with Gasteiger partial charge in [-0.1, -0.05) is 0 Å². The summed E-state index contributed by atoms with van der Waals surface area (Å²) in [5.41, 5.74) is 1.03. The van der Waals surface area contributed by atoms with Gasteiger partial charge in [-0.15, -0.1) is 0 Å². The van der Waals surface area contributed by atoms with Gasteiger partial charge in [0.15, 0.2) is 19.7 Å². The van der Waals surface area contributed by atoms with E-state index < -0.39 is 19.7 Å². The molecule has 2 rings (SSSR count). The maximum absolute atomic E-state index is 11.3. The molecule has 0 spiro atoms. The molecule has 152 valence electrons. The van der Waals surface area contributed by atoms with Gasteiger partial charge in [-0.25, -0.2) is 16.8 Å². The van der Waals surface area contributed by atoms with Gasteiger partial charge in [-0.3, -0.25) is 0 Å². The molecular weight excluding hydrogens is 436 g/mol. The molecule has 0 unspecified atom stereocenters. The summed E-state index contributed by atoms with van der Waals surface area (Å²) in [5, 5.41) is 5.63. The van der Waals surface area contributed by atoms with Gasteiger partial charge in [-0.05, 0) is 36.6 Å². The Morgan fingerprint density at radius 1 is 0.815 bits per heavy atom. The first-order valence-electron chi connectivity index (χ1n) is 7.89. The van der Waals surface area contributed by atoms with E-state index in [2.05, 4.69) is 10.6 Å². The summed E-state index contributed by atoms with van der Waals surface area (Å²) in [5.74, 6) is -0.127. The van der Waals surface area contributed by atoms with Crippen LogP contribution in [0.4, 0.5) is 0 Å². The third-order valence-corrected chi connectivity index (χ3v) is 6.66. The molecule has 2 N–H and O–H groups in total. The molecule has 2 heterocycles. The van der Waals surface area contributed by atoms with Gasteiger partial charge >= 0.3 is 0 Å². The number of hydrogen-bond donors (Lipinski definition) is 2. The quantitative estimate of drug-likeness (QED) is 0.360. The van der Waals surface area contributed by atoms with E-state index >= 15 is 0 Å². The summed E-state index contributed by atoms with van der Waals surface area (Å²) in [6, 6.07) is 0. The number of hydrogen-bond acceptors (Lipinski definition) is 9. The van der Waals surface area contributed by atoms with Crippen LogP contribution >= 0.6 is 24.4 Å². The van der Waals surface area contributed by atoms with Gasteiger partial charge in [0, 0.05) is 11.4 Å². The molecule has 2 aliphatic heterocycles. The summed E-state index contributed by atoms with van der Waals surface area (Å²) in [6.07, 6.45) is 3.12. The van der Waals surface area contributed by atoms with Gasteiger partial charge in [0.2, 0.25) is 0 Å². The molecule has 0 aromatic carbocycles. The molecule has 0 aromatic heterocycles. The zero-order valence-corrected chi connectivity index (χ0v) is 17.6. The maximum atomic E-state index is 11.3. The van der Waals surface area contributed by atoms with Crippen LogP contribution in [0.25, 0.3) is 0 Å². The van der Waals surface area contributed by atoms with Crippen LogP contribution in [-0.4, -0.2) is 76.6 Å². The first-order chi connectivity index (χ1) is 12.7. The first-order valence-corrected chi connectivity index (χ1v) is 12.4. The smallest absolute Gasteiger partial charge is 0.261 e. The minimum absolute atomic E-state index is 0.00484. The van der Waals surface area contributed by atoms with E-state index in [0.29, 0.717) is 11.4 Å². The second-order valence-electron chi connectivity index (χ2n) is 5.70. The number of ether oxygens (including phenoxy) is 3. The largest absolute Gasteiger partial charge is 0.468 e. The molecule has 0 atom stereocenters. The number of thiocarbonyl (C=S) groups is 2. The van der Waals surface area contributed by atoms with Crippen molar-refractivity contribution >= 4 is 54.5 Å². The van der Waals surface area contributed by atoms with Crippen LogP contribution in [-0.2, 0) is 33.9 Å². The summed E-state index contributed by atoms with van der Waals surface area (Å²) in [4.78, 5) is 0. The van der Waals surface area contributed by atoms with Gasteiger partial charge in [0.25, 0.3) is 10.3 Å². The van der Waals surface area contributed by atoms with Crippen LogP contribution in [0, 0.1) is 0 Å². The molecule has 0 saturated heterocycles. The lowest BCUT2D eigenvalue weighted by Gasteiger charge is -2.11. The van der Waals surface area contributed by atoms with Crippen molar-refractivity contribution in [1.82, 2.24) is 10.6 Å². The molecule has 27 heavy (non-hydrogen) atoms. The average molecular weight is 457 g/mol. The second kappa shape index (κ2) is 9.78. The fraction of sp³-hybridized carbons (Fsp3) is 0.571. The van der Waals surface area contributed by atoms with Crippen molar-refractivity contribution in [3.05, 3.63) is 23.5 Å². The zero-order valence-electron chi connectivity index (χ0n) is 14.3. The van der Waals surface area contributed by atoms with Crippen LogP contribution in [0.3, 0.4) is 0 Å². The van der Waals surface area contributed by atoms with Crippen LogP contribution in [0.1, 0.15) is 0 Å². The standard InChI is InChI=1S/C14H20N2O7S4/c17-26(18)7-1-11(9-26)15-13(24)22-5-3-21-4-6-23-14(25)16-12-2-8-27(19,20)10-12/h1-2H,3-10H2,(H,15,24)(H,16,25). The molecule has 0 saturated carbocycles. The molecule has 0 aliphatic carbocycles. The van der Waals surface area contributed by atoms with Gasteiger partial charge in [-0.2, -0.15) is 0 Å². The Labute approximate surface area is 169 Å². The zero-order chi connectivity index (χ0) is 19.9. The summed E-state index contributed by atoms with van der Waals surface area (Å²) in [7, 11) is -6.11. The monoisotopic (exact) mass is 456 g/mol. The Morgan fingerprint density at radius 2 is 1.22 bits per heavy atom. The van der Waals surface area contributed by atoms with Crippen LogP contribution in [0.5, 0.6) is 0 Å². The van der Waals surface area contributed by atoms with Crippen molar-refractivity contribution in [1.29, 1.82) is 0 Å². The van der Waals surface area contributed by atoms with E-state index in [1.165, 1.54) is 0 Å². The molecular formula is C14H20N2O7S4. The normalized spacial score (nSPS) is 19.7. The molecule has 0 fully saturated rings. The number of nitrogens with one attached hydrogen (secondary N) is 2. The topological polar surface area (TPSA) is 120 Å². The number of rotatable bonds is 8. The predicted octanol–water partition coefficient (Wildman–Crippen LogP) is -0.590. The Morgan fingerprint density at radius 3 is 1.56 bits per heavy atom. The van der Waals surface area contributed by atoms with E-state index in [-0.39, 0.29) is 59.8 Å². The Balaban J connectivity index is 1.46. The molecule has 0 radical (unpaired) electrons. The lowest BCUT2D eigenvalue weighted by Crippen LogP contribution is -2.27. The molecule has 0 bridgehead atoms. The third kappa shape index (κ3) is 8.51. The molecule has 9 nitrogen and oxygen atoms in total. The minimum Gasteiger partial charge on any atom is -0.468 e. The van der Waals surface area contributed by atoms with Crippen LogP contribution in [0.15, 0.2) is 23.5 Å². The van der Waals surface area contributed by atoms with E-state index in [1.807, 2.05) is 0 Å². The van der Waals surface area contributed by atoms with Gasteiger partial charge < -0.3 is 24.8 Å². The highest BCUT2D eigenvalue weighted by Gasteiger charge is 2.21. The maximum Gasteiger partial charge on any atom is 0.261 e. The van der Waals surface area contributed by atoms with E-state index in [1.54, 1.807) is 12.2 Å². The minimum atomic E-state index is -3.05. The molecule has 2 aliphatic rings. The van der Waals surface area contributed by atoms with Crippen molar-refractivity contribution in [2.24, 2.45) is 0 Å². The highest BCUT2D eigenvalue weighted by Crippen LogP contribution is 2.09. The van der Waals surface area contributed by atoms with E-state index in [0.717, 1.165) is 0 Å². The highest BCUT2D eigenvalue weighted by atomic mass is 32.2. The van der Waals surface area contributed by atoms with Gasteiger partial charge in [0.05, 0.1) is 36.2 Å². The SMILES string of the molecule is O=S1(=O)CC=C(NC(=S)OCCOCCOC(=S)NC2=CCS(=O)(=O)C2)C1. The molecule has 0 amide bonds. The average Bonchev–Trinajstić information content (AvgIpc) is 3.07. The van der Waals surface area contributed by atoms with Crippen molar-refractivity contribution in [3.63, 3.8) is 0 Å².